The van der Waals surface area contributed by atoms with E-state index in [-0.39, 0.29) is 20.4 Å². The van der Waals surface area contributed by atoms with Crippen molar-refractivity contribution in [1.29, 1.82) is 0 Å². The van der Waals surface area contributed by atoms with Crippen LogP contribution in [0.3, 0.4) is 0 Å². The molecule has 1 aromatic rings. The Hall–Kier alpha value is -0.210. The van der Waals surface area contributed by atoms with E-state index in [1.165, 1.54) is 22.8 Å². The second-order valence-corrected chi connectivity index (χ2v) is 7.47. The zero-order valence-electron chi connectivity index (χ0n) is 11.3. The molecule has 0 aliphatic heterocycles. The molecule has 1 aromatic heterocycles. The maximum absolute atomic E-state index is 3.36. The predicted octanol–water partition coefficient (Wildman–Crippen LogP) is 2.78. The van der Waals surface area contributed by atoms with Crippen LogP contribution in [0.15, 0.2) is 12.1 Å². The second-order valence-electron chi connectivity index (χ2n) is 4.13. The van der Waals surface area contributed by atoms with Gasteiger partial charge in [0.05, 0.1) is 0 Å². The van der Waals surface area contributed by atoms with Gasteiger partial charge >= 0.3 is 116 Å². The molecule has 94 valence electrons. The van der Waals surface area contributed by atoms with Gasteiger partial charge in [-0.3, -0.25) is 0 Å². The van der Waals surface area contributed by atoms with Crippen LogP contribution in [0.1, 0.15) is 40.8 Å². The molecule has 0 amide bonds. The summed E-state index contributed by atoms with van der Waals surface area (Å²) in [6, 6.07) is 4.57. The Morgan fingerprint density at radius 3 is 2.59 bits per heavy atom. The first-order chi connectivity index (χ1) is 8.30. The number of hydrogen-bond acceptors (Lipinski definition) is 1. The Kier molecular flexibility index (Phi) is 7.70. The average molecular weight is 345 g/mol. The summed E-state index contributed by atoms with van der Waals surface area (Å²) in [6.45, 7) is 9.76. The fourth-order valence-corrected chi connectivity index (χ4v) is 4.25. The van der Waals surface area contributed by atoms with Crippen LogP contribution in [-0.4, -0.2) is 45.0 Å². The molecule has 0 saturated carbocycles. The van der Waals surface area contributed by atoms with Crippen molar-refractivity contribution < 1.29 is 0 Å². The first-order valence-electron chi connectivity index (χ1n) is 6.60. The summed E-state index contributed by atoms with van der Waals surface area (Å²) in [6.07, 6.45) is 3.94. The summed E-state index contributed by atoms with van der Waals surface area (Å²) in [4.78, 5) is 2.36. The quantitative estimate of drug-likeness (QED) is 0.566. The van der Waals surface area contributed by atoms with E-state index in [0.29, 0.717) is 0 Å². The van der Waals surface area contributed by atoms with Gasteiger partial charge in [0.15, 0.2) is 0 Å². The molecule has 0 aliphatic carbocycles. The van der Waals surface area contributed by atoms with Gasteiger partial charge in [0.1, 0.15) is 0 Å². The Bertz CT molecular complexity index is 366. The average Bonchev–Trinajstić information content (AvgIpc) is 2.80. The molecule has 1 nitrogen and oxygen atoms in total. The van der Waals surface area contributed by atoms with Crippen molar-refractivity contribution in [3.8, 4) is 11.8 Å². The minimum absolute atomic E-state index is 0.0955. The molecular formula is C15H23NTe. The summed E-state index contributed by atoms with van der Waals surface area (Å²) in [5.41, 5.74) is 0. The number of rotatable bonds is 6. The first kappa shape index (κ1) is 14.8. The van der Waals surface area contributed by atoms with Crippen molar-refractivity contribution in [2.45, 2.75) is 40.0 Å². The molecule has 2 heteroatoms. The third-order valence-electron chi connectivity index (χ3n) is 2.85. The zero-order chi connectivity index (χ0) is 12.5. The Labute approximate surface area is 116 Å². The van der Waals surface area contributed by atoms with E-state index >= 15 is 0 Å². The van der Waals surface area contributed by atoms with E-state index in [9.17, 15) is 0 Å². The predicted molar refractivity (Wildman–Crippen MR) is 76.7 cm³/mol. The standard InChI is InChI=1S/C15H23NTe/c1-4-7-9-14-11-12-15(17-14)10-8-13-16(5-2)6-3/h11-12H,4-7,9,13H2,1-3H3. The summed E-state index contributed by atoms with van der Waals surface area (Å²) in [5, 5.41) is 0. The van der Waals surface area contributed by atoms with E-state index in [1.54, 1.807) is 3.58 Å². The number of nitrogens with zero attached hydrogens (tertiary/aromatic N) is 1. The normalized spacial score (nSPS) is 10.4. The van der Waals surface area contributed by atoms with Crippen molar-refractivity contribution in [2.75, 3.05) is 19.6 Å². The fourth-order valence-electron chi connectivity index (χ4n) is 1.62. The topological polar surface area (TPSA) is 3.24 Å². The third kappa shape index (κ3) is 5.78. The number of unbranched alkanes of at least 4 members (excludes halogenated alkanes) is 1. The van der Waals surface area contributed by atoms with Crippen molar-refractivity contribution in [3.05, 3.63) is 19.3 Å². The van der Waals surface area contributed by atoms with Crippen LogP contribution in [0, 0.1) is 11.8 Å². The van der Waals surface area contributed by atoms with Gasteiger partial charge in [0.25, 0.3) is 0 Å². The van der Waals surface area contributed by atoms with Gasteiger partial charge in [-0.1, -0.05) is 0 Å². The van der Waals surface area contributed by atoms with Crippen LogP contribution in [0.2, 0.25) is 0 Å². The number of aryl methyl sites for hydroxylation is 1. The van der Waals surface area contributed by atoms with E-state index < -0.39 is 0 Å². The van der Waals surface area contributed by atoms with Crippen molar-refractivity contribution in [1.82, 2.24) is 4.90 Å². The summed E-state index contributed by atoms with van der Waals surface area (Å²) < 4.78 is 3.11. The number of hydrogen-bond donors (Lipinski definition) is 0. The molecule has 0 radical (unpaired) electrons. The van der Waals surface area contributed by atoms with E-state index in [4.69, 9.17) is 0 Å². The van der Waals surface area contributed by atoms with Gasteiger partial charge in [0, 0.05) is 0 Å². The molecule has 0 fully saturated rings. The van der Waals surface area contributed by atoms with Gasteiger partial charge in [-0.05, 0) is 0 Å². The van der Waals surface area contributed by atoms with Gasteiger partial charge < -0.3 is 0 Å². The summed E-state index contributed by atoms with van der Waals surface area (Å²) in [5.74, 6) is 6.67. The Morgan fingerprint density at radius 1 is 1.18 bits per heavy atom. The van der Waals surface area contributed by atoms with Crippen LogP contribution in [0.5, 0.6) is 0 Å². The maximum atomic E-state index is 3.36. The fraction of sp³-hybridized carbons (Fsp3) is 0.600. The molecule has 17 heavy (non-hydrogen) atoms. The molecule has 0 spiro atoms. The van der Waals surface area contributed by atoms with Gasteiger partial charge in [-0.2, -0.15) is 0 Å². The molecule has 0 unspecified atom stereocenters. The minimum atomic E-state index is -0.0955. The van der Waals surface area contributed by atoms with Gasteiger partial charge in [0.2, 0.25) is 0 Å². The van der Waals surface area contributed by atoms with Crippen molar-refractivity contribution >= 4 is 20.4 Å². The van der Waals surface area contributed by atoms with E-state index in [2.05, 4.69) is 49.6 Å². The van der Waals surface area contributed by atoms with Gasteiger partial charge in [-0.25, -0.2) is 0 Å². The Morgan fingerprint density at radius 2 is 1.94 bits per heavy atom. The summed E-state index contributed by atoms with van der Waals surface area (Å²) in [7, 11) is 0. The van der Waals surface area contributed by atoms with Crippen molar-refractivity contribution in [2.24, 2.45) is 0 Å². The molecule has 0 atom stereocenters. The molecule has 0 aromatic carbocycles. The van der Waals surface area contributed by atoms with E-state index in [1.807, 2.05) is 0 Å². The monoisotopic (exact) mass is 347 g/mol. The molecule has 0 bridgehead atoms. The van der Waals surface area contributed by atoms with Crippen LogP contribution in [-0.2, 0) is 6.42 Å². The molecule has 0 saturated heterocycles. The molecule has 0 N–H and O–H groups in total. The zero-order valence-corrected chi connectivity index (χ0v) is 13.6. The Balaban J connectivity index is 2.45. The third-order valence-corrected chi connectivity index (χ3v) is 5.87. The van der Waals surface area contributed by atoms with Gasteiger partial charge in [-0.15, -0.1) is 0 Å². The van der Waals surface area contributed by atoms with Crippen LogP contribution >= 0.6 is 0 Å². The second kappa shape index (κ2) is 8.82. The molecule has 1 rings (SSSR count). The van der Waals surface area contributed by atoms with Crippen LogP contribution in [0.4, 0.5) is 0 Å². The van der Waals surface area contributed by atoms with Crippen molar-refractivity contribution in [3.63, 3.8) is 0 Å². The van der Waals surface area contributed by atoms with Crippen LogP contribution in [0.25, 0.3) is 0 Å². The van der Waals surface area contributed by atoms with Crippen LogP contribution < -0.4 is 0 Å². The molecular weight excluding hydrogens is 322 g/mol. The molecule has 0 aliphatic rings. The van der Waals surface area contributed by atoms with E-state index in [0.717, 1.165) is 19.6 Å². The SMILES string of the molecule is CCCCc1ccc(C#CCN(CC)CC)[te]1. The summed E-state index contributed by atoms with van der Waals surface area (Å²) >= 11 is -0.0955. The molecule has 1 heterocycles. The first-order valence-corrected chi connectivity index (χ1v) is 8.93.